The zero-order chi connectivity index (χ0) is 10.3. The van der Waals surface area contributed by atoms with Crippen LogP contribution in [0.3, 0.4) is 0 Å². The molecular formula is C11H17NO. The molecule has 0 bridgehead atoms. The smallest absolute Gasteiger partial charge is 0.251 e. The van der Waals surface area contributed by atoms with E-state index in [2.05, 4.69) is 5.32 Å². The normalized spacial score (nSPS) is 13.5. The van der Waals surface area contributed by atoms with Crippen LogP contribution in [0.25, 0.3) is 0 Å². The highest BCUT2D eigenvalue weighted by Gasteiger charge is 2.06. The van der Waals surface area contributed by atoms with Crippen molar-refractivity contribution in [2.24, 2.45) is 0 Å². The number of carbonyl (C=O) groups excluding carboxylic acids is 1. The van der Waals surface area contributed by atoms with Gasteiger partial charge < -0.3 is 5.32 Å². The molecular weight excluding hydrogens is 162 g/mol. The van der Waals surface area contributed by atoms with Crippen LogP contribution in [0.4, 0.5) is 0 Å². The maximum Gasteiger partial charge on any atom is 0.251 e. The Hall–Kier alpha value is -1.31. The topological polar surface area (TPSA) is 29.1 Å². The quantitative estimate of drug-likeness (QED) is 0.522. The van der Waals surface area contributed by atoms with E-state index in [1.807, 2.05) is 45.1 Å². The van der Waals surface area contributed by atoms with Crippen LogP contribution in [0.15, 0.2) is 35.5 Å². The van der Waals surface area contributed by atoms with Gasteiger partial charge in [0.25, 0.3) is 5.91 Å². The van der Waals surface area contributed by atoms with Gasteiger partial charge in [-0.05, 0) is 32.4 Å². The van der Waals surface area contributed by atoms with Gasteiger partial charge in [0.05, 0.1) is 0 Å². The molecule has 0 aromatic rings. The maximum atomic E-state index is 11.4. The molecule has 0 heterocycles. The Morgan fingerprint density at radius 3 is 2.31 bits per heavy atom. The largest absolute Gasteiger partial charge is 0.355 e. The molecule has 0 rings (SSSR count). The van der Waals surface area contributed by atoms with Crippen molar-refractivity contribution in [1.82, 2.24) is 5.32 Å². The molecule has 2 heteroatoms. The Bertz CT molecular complexity index is 259. The first-order chi connectivity index (χ1) is 6.17. The molecule has 2 nitrogen and oxygen atoms in total. The molecule has 0 aliphatic carbocycles. The molecule has 0 unspecified atom stereocenters. The summed E-state index contributed by atoms with van der Waals surface area (Å²) in [6.07, 6.45) is 7.49. The molecule has 13 heavy (non-hydrogen) atoms. The van der Waals surface area contributed by atoms with E-state index in [1.165, 1.54) is 0 Å². The van der Waals surface area contributed by atoms with Gasteiger partial charge in [-0.1, -0.05) is 18.2 Å². The van der Waals surface area contributed by atoms with E-state index in [0.29, 0.717) is 5.57 Å². The van der Waals surface area contributed by atoms with Crippen molar-refractivity contribution >= 4 is 5.91 Å². The summed E-state index contributed by atoms with van der Waals surface area (Å²) in [4.78, 5) is 11.4. The van der Waals surface area contributed by atoms with Crippen LogP contribution in [0.1, 0.15) is 20.8 Å². The Morgan fingerprint density at radius 1 is 1.31 bits per heavy atom. The third-order valence-electron chi connectivity index (χ3n) is 1.78. The van der Waals surface area contributed by atoms with Gasteiger partial charge in [-0.2, -0.15) is 0 Å². The predicted molar refractivity (Wildman–Crippen MR) is 56.4 cm³/mol. The van der Waals surface area contributed by atoms with E-state index in [4.69, 9.17) is 0 Å². The third-order valence-corrected chi connectivity index (χ3v) is 1.78. The second-order valence-corrected chi connectivity index (χ2v) is 2.66. The van der Waals surface area contributed by atoms with Crippen molar-refractivity contribution in [3.63, 3.8) is 0 Å². The molecule has 0 atom stereocenters. The minimum atomic E-state index is -0.0475. The summed E-state index contributed by atoms with van der Waals surface area (Å²) in [5.41, 5.74) is 1.69. The fourth-order valence-electron chi connectivity index (χ4n) is 0.869. The van der Waals surface area contributed by atoms with Crippen molar-refractivity contribution < 1.29 is 4.79 Å². The minimum absolute atomic E-state index is 0.0475. The Labute approximate surface area is 80.0 Å². The van der Waals surface area contributed by atoms with Gasteiger partial charge in [0.2, 0.25) is 0 Å². The van der Waals surface area contributed by atoms with E-state index < -0.39 is 0 Å². The van der Waals surface area contributed by atoms with Crippen LogP contribution in [-0.4, -0.2) is 13.0 Å². The van der Waals surface area contributed by atoms with Crippen LogP contribution < -0.4 is 5.32 Å². The fourth-order valence-corrected chi connectivity index (χ4v) is 0.869. The summed E-state index contributed by atoms with van der Waals surface area (Å²) < 4.78 is 0. The number of likely N-dealkylation sites (N-methyl/N-ethyl adjacent to an activating group) is 1. The maximum absolute atomic E-state index is 11.4. The highest BCUT2D eigenvalue weighted by Crippen LogP contribution is 2.09. The second-order valence-electron chi connectivity index (χ2n) is 2.66. The minimum Gasteiger partial charge on any atom is -0.355 e. The second kappa shape index (κ2) is 6.23. The number of hydrogen-bond donors (Lipinski definition) is 1. The van der Waals surface area contributed by atoms with Crippen molar-refractivity contribution in [3.05, 3.63) is 35.5 Å². The number of allylic oxidation sites excluding steroid dienone is 4. The summed E-state index contributed by atoms with van der Waals surface area (Å²) in [7, 11) is 1.63. The summed E-state index contributed by atoms with van der Waals surface area (Å²) in [6.45, 7) is 5.76. The van der Waals surface area contributed by atoms with E-state index in [1.54, 1.807) is 7.05 Å². The van der Waals surface area contributed by atoms with Crippen molar-refractivity contribution in [2.75, 3.05) is 7.05 Å². The van der Waals surface area contributed by atoms with Gasteiger partial charge in [0.15, 0.2) is 0 Å². The fraction of sp³-hybridized carbons (Fsp3) is 0.364. The van der Waals surface area contributed by atoms with Gasteiger partial charge in [0, 0.05) is 12.6 Å². The van der Waals surface area contributed by atoms with Crippen LogP contribution in [-0.2, 0) is 4.79 Å². The number of amides is 1. The van der Waals surface area contributed by atoms with Crippen LogP contribution >= 0.6 is 0 Å². The summed E-state index contributed by atoms with van der Waals surface area (Å²) in [6, 6.07) is 0. The SMILES string of the molecule is C\C=C/C=C(C(=O)NC)\C(C)=C/C. The lowest BCUT2D eigenvalue weighted by Crippen LogP contribution is -2.20. The highest BCUT2D eigenvalue weighted by molar-refractivity contribution is 5.97. The molecule has 0 aliphatic rings. The molecule has 0 saturated heterocycles. The van der Waals surface area contributed by atoms with E-state index >= 15 is 0 Å². The number of rotatable bonds is 3. The zero-order valence-corrected chi connectivity index (χ0v) is 8.72. The van der Waals surface area contributed by atoms with Gasteiger partial charge in [-0.15, -0.1) is 0 Å². The molecule has 0 radical (unpaired) electrons. The van der Waals surface area contributed by atoms with Gasteiger partial charge >= 0.3 is 0 Å². The van der Waals surface area contributed by atoms with Crippen molar-refractivity contribution in [3.8, 4) is 0 Å². The number of hydrogen-bond acceptors (Lipinski definition) is 1. The molecule has 0 aromatic carbocycles. The third kappa shape index (κ3) is 3.74. The molecule has 1 N–H and O–H groups in total. The lowest BCUT2D eigenvalue weighted by atomic mass is 10.1. The molecule has 1 amide bonds. The molecule has 0 spiro atoms. The first-order valence-electron chi connectivity index (χ1n) is 4.35. The van der Waals surface area contributed by atoms with Crippen LogP contribution in [0, 0.1) is 0 Å². The predicted octanol–water partition coefficient (Wildman–Crippen LogP) is 2.20. The Balaban J connectivity index is 4.86. The van der Waals surface area contributed by atoms with Crippen molar-refractivity contribution in [1.29, 1.82) is 0 Å². The van der Waals surface area contributed by atoms with E-state index in [0.717, 1.165) is 5.57 Å². The van der Waals surface area contributed by atoms with Crippen molar-refractivity contribution in [2.45, 2.75) is 20.8 Å². The van der Waals surface area contributed by atoms with Gasteiger partial charge in [-0.3, -0.25) is 4.79 Å². The van der Waals surface area contributed by atoms with Gasteiger partial charge in [0.1, 0.15) is 0 Å². The number of carbonyl (C=O) groups is 1. The molecule has 0 fully saturated rings. The first-order valence-corrected chi connectivity index (χ1v) is 4.35. The molecule has 0 saturated carbocycles. The average Bonchev–Trinajstić information content (AvgIpc) is 2.17. The Morgan fingerprint density at radius 2 is 1.92 bits per heavy atom. The Kier molecular flexibility index (Phi) is 5.60. The van der Waals surface area contributed by atoms with Gasteiger partial charge in [-0.25, -0.2) is 0 Å². The highest BCUT2D eigenvalue weighted by atomic mass is 16.1. The standard InChI is InChI=1S/C11H17NO/c1-5-7-8-10(9(3)6-2)11(13)12-4/h5-8H,1-4H3,(H,12,13)/b7-5-,9-6-,10-8+. The van der Waals surface area contributed by atoms with Crippen LogP contribution in [0.2, 0.25) is 0 Å². The first kappa shape index (κ1) is 11.7. The van der Waals surface area contributed by atoms with E-state index in [-0.39, 0.29) is 5.91 Å². The molecule has 72 valence electrons. The number of nitrogens with one attached hydrogen (secondary N) is 1. The average molecular weight is 179 g/mol. The zero-order valence-electron chi connectivity index (χ0n) is 8.72. The lowest BCUT2D eigenvalue weighted by molar-refractivity contribution is -0.116. The summed E-state index contributed by atoms with van der Waals surface area (Å²) in [5, 5.41) is 2.61. The molecule has 0 aromatic heterocycles. The van der Waals surface area contributed by atoms with Crippen LogP contribution in [0.5, 0.6) is 0 Å². The van der Waals surface area contributed by atoms with E-state index in [9.17, 15) is 4.79 Å². The monoisotopic (exact) mass is 179 g/mol. The lowest BCUT2D eigenvalue weighted by Gasteiger charge is -2.04. The molecule has 0 aliphatic heterocycles. The summed E-state index contributed by atoms with van der Waals surface area (Å²) >= 11 is 0. The summed E-state index contributed by atoms with van der Waals surface area (Å²) in [5.74, 6) is -0.0475.